The Hall–Kier alpha value is -0.570. The Morgan fingerprint density at radius 1 is 0.808 bits per heavy atom. The minimum atomic E-state index is 0.0139. The molecule has 3 nitrogen and oxygen atoms in total. The van der Waals surface area contributed by atoms with Crippen LogP contribution in [0.2, 0.25) is 0 Å². The molecule has 3 heteroatoms. The van der Waals surface area contributed by atoms with Gasteiger partial charge in [-0.1, -0.05) is 96.8 Å². The first-order valence-corrected chi connectivity index (χ1v) is 11.6. The van der Waals surface area contributed by atoms with E-state index in [0.717, 1.165) is 25.9 Å². The van der Waals surface area contributed by atoms with Gasteiger partial charge in [0.15, 0.2) is 0 Å². The molecule has 0 saturated carbocycles. The standard InChI is InChI=1S/C23H45NO2/c1-3-4-5-6-7-8-9-10-11-12-13-14-15-16-17-18-23(25)26-22-19-20-24(2)21-22/h22H,3-21H2,1-2H3. The van der Waals surface area contributed by atoms with Gasteiger partial charge < -0.3 is 9.64 Å². The largest absolute Gasteiger partial charge is 0.461 e. The summed E-state index contributed by atoms with van der Waals surface area (Å²) >= 11 is 0. The number of nitrogens with zero attached hydrogens (tertiary/aromatic N) is 1. The predicted octanol–water partition coefficient (Wildman–Crippen LogP) is 6.50. The number of hydrogen-bond acceptors (Lipinski definition) is 3. The normalized spacial score (nSPS) is 17.7. The van der Waals surface area contributed by atoms with Crippen LogP contribution >= 0.6 is 0 Å². The van der Waals surface area contributed by atoms with Crippen LogP contribution in [0.3, 0.4) is 0 Å². The molecular formula is C23H45NO2. The van der Waals surface area contributed by atoms with Crippen LogP contribution in [-0.2, 0) is 9.53 Å². The van der Waals surface area contributed by atoms with Gasteiger partial charge in [0.2, 0.25) is 0 Å². The molecule has 1 heterocycles. The van der Waals surface area contributed by atoms with Crippen LogP contribution in [0.4, 0.5) is 0 Å². The van der Waals surface area contributed by atoms with Crippen LogP contribution in [0, 0.1) is 0 Å². The zero-order valence-corrected chi connectivity index (χ0v) is 17.8. The topological polar surface area (TPSA) is 29.5 Å². The maximum atomic E-state index is 11.8. The van der Waals surface area contributed by atoms with Crippen molar-refractivity contribution >= 4 is 5.97 Å². The average molecular weight is 368 g/mol. The zero-order valence-electron chi connectivity index (χ0n) is 17.8. The Bertz CT molecular complexity index is 332. The fraction of sp³-hybridized carbons (Fsp3) is 0.957. The summed E-state index contributed by atoms with van der Waals surface area (Å²) in [6.07, 6.45) is 22.1. The molecule has 0 N–H and O–H groups in total. The first-order valence-electron chi connectivity index (χ1n) is 11.6. The highest BCUT2D eigenvalue weighted by molar-refractivity contribution is 5.69. The van der Waals surface area contributed by atoms with Crippen LogP contribution in [0.5, 0.6) is 0 Å². The smallest absolute Gasteiger partial charge is 0.306 e. The third-order valence-corrected chi connectivity index (χ3v) is 5.63. The van der Waals surface area contributed by atoms with Crippen molar-refractivity contribution in [3.8, 4) is 0 Å². The molecule has 0 aromatic carbocycles. The van der Waals surface area contributed by atoms with Gasteiger partial charge in [0.05, 0.1) is 0 Å². The van der Waals surface area contributed by atoms with Gasteiger partial charge in [-0.25, -0.2) is 0 Å². The van der Waals surface area contributed by atoms with E-state index < -0.39 is 0 Å². The SMILES string of the molecule is CCCCCCCCCCCCCCCCCC(=O)OC1CCN(C)C1. The summed E-state index contributed by atoms with van der Waals surface area (Å²) in [5.41, 5.74) is 0. The molecule has 0 aromatic heterocycles. The summed E-state index contributed by atoms with van der Waals surface area (Å²) in [4.78, 5) is 14.0. The van der Waals surface area contributed by atoms with E-state index in [4.69, 9.17) is 4.74 Å². The predicted molar refractivity (Wildman–Crippen MR) is 112 cm³/mol. The molecule has 0 aliphatic carbocycles. The van der Waals surface area contributed by atoms with E-state index in [1.807, 2.05) is 0 Å². The molecule has 0 radical (unpaired) electrons. The quantitative estimate of drug-likeness (QED) is 0.217. The van der Waals surface area contributed by atoms with Crippen molar-refractivity contribution in [3.05, 3.63) is 0 Å². The summed E-state index contributed by atoms with van der Waals surface area (Å²) in [6.45, 7) is 4.24. The monoisotopic (exact) mass is 367 g/mol. The number of ether oxygens (including phenoxy) is 1. The molecule has 1 atom stereocenters. The highest BCUT2D eigenvalue weighted by Crippen LogP contribution is 2.15. The Morgan fingerprint density at radius 3 is 1.69 bits per heavy atom. The van der Waals surface area contributed by atoms with Gasteiger partial charge in [-0.3, -0.25) is 4.79 Å². The Labute approximate surface area is 163 Å². The fourth-order valence-corrected chi connectivity index (χ4v) is 3.88. The van der Waals surface area contributed by atoms with E-state index >= 15 is 0 Å². The fourth-order valence-electron chi connectivity index (χ4n) is 3.88. The summed E-state index contributed by atoms with van der Waals surface area (Å²) in [7, 11) is 2.09. The van der Waals surface area contributed by atoms with Gasteiger partial charge in [-0.05, 0) is 19.9 Å². The first kappa shape index (κ1) is 23.5. The number of unbranched alkanes of at least 4 members (excludes halogenated alkanes) is 14. The molecule has 1 unspecified atom stereocenters. The second-order valence-electron chi connectivity index (χ2n) is 8.36. The van der Waals surface area contributed by atoms with Gasteiger partial charge in [0, 0.05) is 19.5 Å². The summed E-state index contributed by atoms with van der Waals surface area (Å²) < 4.78 is 5.52. The second-order valence-corrected chi connectivity index (χ2v) is 8.36. The van der Waals surface area contributed by atoms with Gasteiger partial charge in [0.25, 0.3) is 0 Å². The molecule has 0 aromatic rings. The van der Waals surface area contributed by atoms with Crippen LogP contribution in [-0.4, -0.2) is 37.1 Å². The Balaban J connectivity index is 1.73. The zero-order chi connectivity index (χ0) is 18.9. The Kier molecular flexibility index (Phi) is 15.0. The average Bonchev–Trinajstić information content (AvgIpc) is 3.03. The minimum Gasteiger partial charge on any atom is -0.461 e. The molecule has 1 saturated heterocycles. The number of carbonyl (C=O) groups excluding carboxylic acids is 1. The molecular weight excluding hydrogens is 322 g/mol. The molecule has 1 aliphatic heterocycles. The number of rotatable bonds is 17. The third kappa shape index (κ3) is 13.6. The van der Waals surface area contributed by atoms with Crippen molar-refractivity contribution in [1.29, 1.82) is 0 Å². The molecule has 0 spiro atoms. The van der Waals surface area contributed by atoms with Crippen molar-refractivity contribution in [2.45, 2.75) is 122 Å². The Morgan fingerprint density at radius 2 is 1.27 bits per heavy atom. The third-order valence-electron chi connectivity index (χ3n) is 5.63. The lowest BCUT2D eigenvalue weighted by Crippen LogP contribution is -2.22. The lowest BCUT2D eigenvalue weighted by molar-refractivity contribution is -0.148. The summed E-state index contributed by atoms with van der Waals surface area (Å²) in [6, 6.07) is 0. The molecule has 1 aliphatic rings. The highest BCUT2D eigenvalue weighted by Gasteiger charge is 2.22. The van der Waals surface area contributed by atoms with E-state index in [1.54, 1.807) is 0 Å². The minimum absolute atomic E-state index is 0.0139. The lowest BCUT2D eigenvalue weighted by atomic mass is 10.0. The highest BCUT2D eigenvalue weighted by atomic mass is 16.5. The molecule has 0 bridgehead atoms. The van der Waals surface area contributed by atoms with Crippen LogP contribution in [0.15, 0.2) is 0 Å². The van der Waals surface area contributed by atoms with Crippen LogP contribution in [0.25, 0.3) is 0 Å². The van der Waals surface area contributed by atoms with E-state index in [-0.39, 0.29) is 12.1 Å². The van der Waals surface area contributed by atoms with E-state index in [9.17, 15) is 4.79 Å². The van der Waals surface area contributed by atoms with Crippen molar-refractivity contribution in [2.24, 2.45) is 0 Å². The number of likely N-dealkylation sites (tertiary alicyclic amines) is 1. The van der Waals surface area contributed by atoms with Crippen molar-refractivity contribution in [1.82, 2.24) is 4.90 Å². The molecule has 154 valence electrons. The molecule has 0 amide bonds. The summed E-state index contributed by atoms with van der Waals surface area (Å²) in [5, 5.41) is 0. The van der Waals surface area contributed by atoms with Gasteiger partial charge in [0.1, 0.15) is 6.10 Å². The number of likely N-dealkylation sites (N-methyl/N-ethyl adjacent to an activating group) is 1. The lowest BCUT2D eigenvalue weighted by Gasteiger charge is -2.12. The number of hydrogen-bond donors (Lipinski definition) is 0. The van der Waals surface area contributed by atoms with E-state index in [2.05, 4.69) is 18.9 Å². The molecule has 1 rings (SSSR count). The van der Waals surface area contributed by atoms with Crippen molar-refractivity contribution in [3.63, 3.8) is 0 Å². The van der Waals surface area contributed by atoms with Crippen molar-refractivity contribution < 1.29 is 9.53 Å². The number of carbonyl (C=O) groups is 1. The van der Waals surface area contributed by atoms with Gasteiger partial charge >= 0.3 is 5.97 Å². The second kappa shape index (κ2) is 16.6. The number of esters is 1. The van der Waals surface area contributed by atoms with E-state index in [1.165, 1.54) is 89.9 Å². The van der Waals surface area contributed by atoms with E-state index in [0.29, 0.717) is 6.42 Å². The van der Waals surface area contributed by atoms with Gasteiger partial charge in [-0.15, -0.1) is 0 Å². The van der Waals surface area contributed by atoms with Crippen molar-refractivity contribution in [2.75, 3.05) is 20.1 Å². The van der Waals surface area contributed by atoms with Crippen LogP contribution < -0.4 is 0 Å². The molecule has 26 heavy (non-hydrogen) atoms. The first-order chi connectivity index (χ1) is 12.7. The summed E-state index contributed by atoms with van der Waals surface area (Å²) in [5.74, 6) is 0.0139. The maximum absolute atomic E-state index is 11.8. The van der Waals surface area contributed by atoms with Crippen LogP contribution in [0.1, 0.15) is 116 Å². The maximum Gasteiger partial charge on any atom is 0.306 e. The molecule has 1 fully saturated rings. The van der Waals surface area contributed by atoms with Gasteiger partial charge in [-0.2, -0.15) is 0 Å².